The average molecular weight is 480 g/mol. The van der Waals surface area contributed by atoms with E-state index in [9.17, 15) is 14.0 Å². The minimum atomic E-state index is -0.628. The number of allylic oxidation sites excluding steroid dienone is 3. The molecular formula is C28H30FNO5. The molecule has 6 nitrogen and oxygen atoms in total. The number of hydrogen-bond donors (Lipinski definition) is 1. The van der Waals surface area contributed by atoms with E-state index in [-0.39, 0.29) is 30.0 Å². The minimum Gasteiger partial charge on any atom is -0.493 e. The Morgan fingerprint density at radius 1 is 1.00 bits per heavy atom. The first kappa shape index (κ1) is 24.5. The van der Waals surface area contributed by atoms with Crippen LogP contribution in [0.25, 0.3) is 0 Å². The molecule has 2 atom stereocenters. The Kier molecular flexibility index (Phi) is 6.96. The Labute approximate surface area is 204 Å². The van der Waals surface area contributed by atoms with E-state index in [0.29, 0.717) is 40.3 Å². The normalized spacial score (nSPS) is 19.9. The average Bonchev–Trinajstić information content (AvgIpc) is 2.82. The minimum absolute atomic E-state index is 0.0600. The first-order chi connectivity index (χ1) is 16.7. The number of dihydropyridines is 1. The monoisotopic (exact) mass is 479 g/mol. The third-order valence-electron chi connectivity index (χ3n) is 6.47. The summed E-state index contributed by atoms with van der Waals surface area (Å²) in [5.41, 5.74) is 3.96. The standard InChI is InChI=1S/C28H30FNO5/c1-15(2)35-28(32)25-16(3)30-21-12-19(18-8-11-23(33-4)24(14-18)34-5)13-22(31)27(21)26(25)17-6-9-20(29)10-7-17/h6-11,14-15,19,26,30H,12-13H2,1-5H3/t19-,26-/m1/s1. The van der Waals surface area contributed by atoms with Crippen LogP contribution in [0.1, 0.15) is 56.6 Å². The van der Waals surface area contributed by atoms with Crippen LogP contribution in [0.4, 0.5) is 4.39 Å². The molecule has 0 spiro atoms. The molecule has 2 aromatic rings. The van der Waals surface area contributed by atoms with Crippen molar-refractivity contribution in [1.29, 1.82) is 0 Å². The summed E-state index contributed by atoms with van der Waals surface area (Å²) in [5.74, 6) is -0.398. The van der Waals surface area contributed by atoms with Crippen molar-refractivity contribution in [2.75, 3.05) is 14.2 Å². The van der Waals surface area contributed by atoms with Gasteiger partial charge >= 0.3 is 5.97 Å². The van der Waals surface area contributed by atoms with Gasteiger partial charge in [-0.25, -0.2) is 9.18 Å². The Balaban J connectivity index is 1.77. The Morgan fingerprint density at radius 2 is 1.66 bits per heavy atom. The van der Waals surface area contributed by atoms with Gasteiger partial charge in [0, 0.05) is 29.3 Å². The van der Waals surface area contributed by atoms with Crippen LogP contribution in [0.5, 0.6) is 11.5 Å². The lowest BCUT2D eigenvalue weighted by Gasteiger charge is -2.37. The molecule has 0 saturated carbocycles. The van der Waals surface area contributed by atoms with Gasteiger partial charge in [0.15, 0.2) is 17.3 Å². The highest BCUT2D eigenvalue weighted by Gasteiger charge is 2.41. The summed E-state index contributed by atoms with van der Waals surface area (Å²) in [7, 11) is 3.16. The van der Waals surface area contributed by atoms with Gasteiger partial charge in [-0.2, -0.15) is 0 Å². The molecular weight excluding hydrogens is 449 g/mol. The van der Waals surface area contributed by atoms with E-state index in [1.165, 1.54) is 12.1 Å². The lowest BCUT2D eigenvalue weighted by Crippen LogP contribution is -2.36. The van der Waals surface area contributed by atoms with E-state index >= 15 is 0 Å². The van der Waals surface area contributed by atoms with E-state index in [1.807, 2.05) is 25.1 Å². The van der Waals surface area contributed by atoms with Crippen molar-refractivity contribution < 1.29 is 28.2 Å². The molecule has 7 heteroatoms. The molecule has 1 N–H and O–H groups in total. The van der Waals surface area contributed by atoms with Crippen LogP contribution in [0.2, 0.25) is 0 Å². The van der Waals surface area contributed by atoms with Crippen molar-refractivity contribution in [1.82, 2.24) is 5.32 Å². The number of ether oxygens (including phenoxy) is 3. The van der Waals surface area contributed by atoms with Gasteiger partial charge < -0.3 is 19.5 Å². The van der Waals surface area contributed by atoms with Crippen molar-refractivity contribution in [2.24, 2.45) is 0 Å². The predicted molar refractivity (Wildman–Crippen MR) is 130 cm³/mol. The highest BCUT2D eigenvalue weighted by molar-refractivity contribution is 6.04. The first-order valence-electron chi connectivity index (χ1n) is 11.7. The van der Waals surface area contributed by atoms with Crippen LogP contribution in [0, 0.1) is 5.82 Å². The van der Waals surface area contributed by atoms with Crippen molar-refractivity contribution in [3.8, 4) is 11.5 Å². The van der Waals surface area contributed by atoms with Gasteiger partial charge in [0.25, 0.3) is 0 Å². The van der Waals surface area contributed by atoms with E-state index in [1.54, 1.807) is 40.2 Å². The number of esters is 1. The molecule has 1 heterocycles. The summed E-state index contributed by atoms with van der Waals surface area (Å²) in [4.78, 5) is 26.7. The van der Waals surface area contributed by atoms with Crippen LogP contribution in [0.15, 0.2) is 65.0 Å². The zero-order valence-corrected chi connectivity index (χ0v) is 20.6. The summed E-state index contributed by atoms with van der Waals surface area (Å²) in [6, 6.07) is 11.6. The van der Waals surface area contributed by atoms with Crippen LogP contribution in [-0.4, -0.2) is 32.1 Å². The quantitative estimate of drug-likeness (QED) is 0.578. The molecule has 1 aliphatic heterocycles. The van der Waals surface area contributed by atoms with E-state index < -0.39 is 11.9 Å². The van der Waals surface area contributed by atoms with E-state index in [2.05, 4.69) is 5.32 Å². The fraction of sp³-hybridized carbons (Fsp3) is 0.357. The molecule has 0 bridgehead atoms. The number of benzene rings is 2. The maximum Gasteiger partial charge on any atom is 0.337 e. The summed E-state index contributed by atoms with van der Waals surface area (Å²) in [6.07, 6.45) is 0.542. The van der Waals surface area contributed by atoms with Crippen molar-refractivity contribution in [3.05, 3.63) is 81.9 Å². The smallest absolute Gasteiger partial charge is 0.337 e. The van der Waals surface area contributed by atoms with E-state index in [0.717, 1.165) is 11.3 Å². The number of hydrogen-bond acceptors (Lipinski definition) is 6. The number of carbonyl (C=O) groups excluding carboxylic acids is 2. The van der Waals surface area contributed by atoms with Gasteiger partial charge in [-0.1, -0.05) is 18.2 Å². The summed E-state index contributed by atoms with van der Waals surface area (Å²) >= 11 is 0. The molecule has 0 aromatic heterocycles. The summed E-state index contributed by atoms with van der Waals surface area (Å²) in [5, 5.41) is 3.32. The topological polar surface area (TPSA) is 73.9 Å². The van der Waals surface area contributed by atoms with Gasteiger partial charge in [-0.05, 0) is 68.5 Å². The SMILES string of the molecule is COc1ccc([C@H]2CC(=O)C3=C(C2)NC(C)=C(C(=O)OC(C)C)[C@H]3c2ccc(F)cc2)cc1OC. The number of ketones is 1. The first-order valence-corrected chi connectivity index (χ1v) is 11.7. The number of nitrogens with one attached hydrogen (secondary N) is 1. The van der Waals surface area contributed by atoms with Crippen LogP contribution in [-0.2, 0) is 14.3 Å². The maximum absolute atomic E-state index is 13.7. The number of Topliss-reactive ketones (excluding diaryl/α,β-unsaturated/α-hetero) is 1. The second kappa shape index (κ2) is 9.94. The molecule has 184 valence electrons. The van der Waals surface area contributed by atoms with Crippen molar-refractivity contribution in [2.45, 2.75) is 51.6 Å². The number of halogens is 1. The van der Waals surface area contributed by atoms with Gasteiger partial charge in [0.1, 0.15) is 5.82 Å². The molecule has 4 rings (SSSR count). The zero-order valence-electron chi connectivity index (χ0n) is 20.6. The molecule has 35 heavy (non-hydrogen) atoms. The fourth-order valence-corrected chi connectivity index (χ4v) is 4.92. The van der Waals surface area contributed by atoms with Gasteiger partial charge in [-0.15, -0.1) is 0 Å². The third-order valence-corrected chi connectivity index (χ3v) is 6.47. The molecule has 0 amide bonds. The number of methoxy groups -OCH3 is 2. The molecule has 0 fully saturated rings. The second-order valence-corrected chi connectivity index (χ2v) is 9.14. The summed E-state index contributed by atoms with van der Waals surface area (Å²) in [6.45, 7) is 5.37. The van der Waals surface area contributed by atoms with Gasteiger partial charge in [0.05, 0.1) is 25.9 Å². The van der Waals surface area contributed by atoms with E-state index in [4.69, 9.17) is 14.2 Å². The van der Waals surface area contributed by atoms with Gasteiger partial charge in [-0.3, -0.25) is 4.79 Å². The molecule has 0 unspecified atom stereocenters. The molecule has 1 aliphatic carbocycles. The maximum atomic E-state index is 13.7. The number of carbonyl (C=O) groups is 2. The lowest BCUT2D eigenvalue weighted by molar-refractivity contribution is -0.143. The van der Waals surface area contributed by atoms with Crippen LogP contribution < -0.4 is 14.8 Å². The fourth-order valence-electron chi connectivity index (χ4n) is 4.92. The Hall–Kier alpha value is -3.61. The molecule has 0 radical (unpaired) electrons. The zero-order chi connectivity index (χ0) is 25.3. The van der Waals surface area contributed by atoms with Crippen molar-refractivity contribution in [3.63, 3.8) is 0 Å². The highest BCUT2D eigenvalue weighted by Crippen LogP contribution is 2.46. The number of rotatable bonds is 6. The molecule has 2 aliphatic rings. The second-order valence-electron chi connectivity index (χ2n) is 9.14. The van der Waals surface area contributed by atoms with Gasteiger partial charge in [0.2, 0.25) is 0 Å². The third kappa shape index (κ3) is 4.81. The lowest BCUT2D eigenvalue weighted by atomic mass is 9.71. The Bertz CT molecular complexity index is 1210. The molecule has 0 saturated heterocycles. The summed E-state index contributed by atoms with van der Waals surface area (Å²) < 4.78 is 30.0. The largest absolute Gasteiger partial charge is 0.493 e. The van der Waals surface area contributed by atoms with Crippen molar-refractivity contribution >= 4 is 11.8 Å². The van der Waals surface area contributed by atoms with Crippen LogP contribution in [0.3, 0.4) is 0 Å². The molecule has 2 aromatic carbocycles. The predicted octanol–water partition coefficient (Wildman–Crippen LogP) is 5.16. The Morgan fingerprint density at radius 3 is 2.29 bits per heavy atom. The highest BCUT2D eigenvalue weighted by atomic mass is 19.1. The van der Waals surface area contributed by atoms with Crippen LogP contribution >= 0.6 is 0 Å².